The standard InChI is InChI=1S/C11H17N3O4.ClH/c1-14-5-7(4-9(14)11(16)18-3)13-10(15)8(12)6-17-2;/h4-5,8H,6,12H2,1-3H3,(H,13,15);1H. The number of rotatable bonds is 5. The van der Waals surface area contributed by atoms with Crippen LogP contribution in [0.15, 0.2) is 12.3 Å². The van der Waals surface area contributed by atoms with Gasteiger partial charge in [0.05, 0.1) is 19.4 Å². The lowest BCUT2D eigenvalue weighted by Gasteiger charge is -2.09. The largest absolute Gasteiger partial charge is 0.464 e. The van der Waals surface area contributed by atoms with Crippen LogP contribution in [0.5, 0.6) is 0 Å². The number of anilines is 1. The SMILES string of the molecule is COCC(N)C(=O)Nc1cc(C(=O)OC)n(C)c1.Cl. The summed E-state index contributed by atoms with van der Waals surface area (Å²) in [6.45, 7) is 0.128. The summed E-state index contributed by atoms with van der Waals surface area (Å²) in [7, 11) is 4.43. The molecule has 0 aromatic carbocycles. The molecule has 1 aromatic rings. The quantitative estimate of drug-likeness (QED) is 0.753. The minimum absolute atomic E-state index is 0. The molecule has 1 amide bonds. The number of esters is 1. The van der Waals surface area contributed by atoms with E-state index in [9.17, 15) is 9.59 Å². The van der Waals surface area contributed by atoms with E-state index in [1.807, 2.05) is 0 Å². The van der Waals surface area contributed by atoms with E-state index in [0.717, 1.165) is 0 Å². The van der Waals surface area contributed by atoms with E-state index in [1.165, 1.54) is 20.3 Å². The van der Waals surface area contributed by atoms with E-state index in [4.69, 9.17) is 10.5 Å². The Kier molecular flexibility index (Phi) is 7.13. The number of nitrogens with two attached hydrogens (primary N) is 1. The minimum Gasteiger partial charge on any atom is -0.464 e. The van der Waals surface area contributed by atoms with Gasteiger partial charge in [0.2, 0.25) is 5.91 Å². The van der Waals surface area contributed by atoms with Crippen LogP contribution in [0.2, 0.25) is 0 Å². The highest BCUT2D eigenvalue weighted by molar-refractivity contribution is 5.96. The van der Waals surface area contributed by atoms with Gasteiger partial charge in [0.1, 0.15) is 11.7 Å². The fraction of sp³-hybridized carbons (Fsp3) is 0.455. The van der Waals surface area contributed by atoms with Crippen molar-refractivity contribution in [3.63, 3.8) is 0 Å². The third-order valence-electron chi connectivity index (χ3n) is 2.35. The molecule has 0 aliphatic heterocycles. The lowest BCUT2D eigenvalue weighted by atomic mass is 10.3. The Balaban J connectivity index is 0.00000324. The van der Waals surface area contributed by atoms with Crippen LogP contribution in [0.1, 0.15) is 10.5 Å². The minimum atomic E-state index is -0.753. The van der Waals surface area contributed by atoms with Crippen LogP contribution in [-0.4, -0.2) is 43.3 Å². The van der Waals surface area contributed by atoms with Crippen molar-refractivity contribution in [2.75, 3.05) is 26.1 Å². The number of nitrogens with one attached hydrogen (secondary N) is 1. The van der Waals surface area contributed by atoms with Gasteiger partial charge in [-0.15, -0.1) is 12.4 Å². The number of hydrogen-bond acceptors (Lipinski definition) is 5. The monoisotopic (exact) mass is 291 g/mol. The number of aryl methyl sites for hydroxylation is 1. The van der Waals surface area contributed by atoms with Crippen molar-refractivity contribution in [1.29, 1.82) is 0 Å². The van der Waals surface area contributed by atoms with Crippen LogP contribution < -0.4 is 11.1 Å². The number of amides is 1. The molecular formula is C11H18ClN3O4. The van der Waals surface area contributed by atoms with Gasteiger partial charge in [-0.1, -0.05) is 0 Å². The zero-order chi connectivity index (χ0) is 13.7. The lowest BCUT2D eigenvalue weighted by Crippen LogP contribution is -2.39. The van der Waals surface area contributed by atoms with Gasteiger partial charge in [0.15, 0.2) is 0 Å². The Morgan fingerprint density at radius 2 is 2.11 bits per heavy atom. The fourth-order valence-electron chi connectivity index (χ4n) is 1.43. The zero-order valence-electron chi connectivity index (χ0n) is 11.0. The predicted molar refractivity (Wildman–Crippen MR) is 72.5 cm³/mol. The van der Waals surface area contributed by atoms with Gasteiger partial charge < -0.3 is 25.1 Å². The number of ether oxygens (including phenoxy) is 2. The van der Waals surface area contributed by atoms with E-state index in [-0.39, 0.29) is 24.9 Å². The summed E-state index contributed by atoms with van der Waals surface area (Å²) in [5, 5.41) is 2.59. The number of halogens is 1. The van der Waals surface area contributed by atoms with E-state index < -0.39 is 12.0 Å². The van der Waals surface area contributed by atoms with Gasteiger partial charge in [0, 0.05) is 20.4 Å². The Morgan fingerprint density at radius 1 is 1.47 bits per heavy atom. The third kappa shape index (κ3) is 4.55. The fourth-order valence-corrected chi connectivity index (χ4v) is 1.43. The molecule has 0 saturated heterocycles. The maximum absolute atomic E-state index is 11.6. The first kappa shape index (κ1) is 17.4. The molecule has 3 N–H and O–H groups in total. The molecule has 8 heteroatoms. The lowest BCUT2D eigenvalue weighted by molar-refractivity contribution is -0.118. The maximum atomic E-state index is 11.6. The molecule has 108 valence electrons. The topological polar surface area (TPSA) is 95.6 Å². The molecule has 0 fully saturated rings. The van der Waals surface area contributed by atoms with Gasteiger partial charge in [-0.05, 0) is 6.07 Å². The van der Waals surface area contributed by atoms with Gasteiger partial charge in [-0.2, -0.15) is 0 Å². The molecule has 1 atom stereocenters. The molecule has 0 bridgehead atoms. The van der Waals surface area contributed by atoms with Crippen LogP contribution in [0.4, 0.5) is 5.69 Å². The third-order valence-corrected chi connectivity index (χ3v) is 2.35. The molecule has 7 nitrogen and oxygen atoms in total. The highest BCUT2D eigenvalue weighted by Crippen LogP contribution is 2.13. The summed E-state index contributed by atoms with van der Waals surface area (Å²) in [6, 6.07) is 0.764. The van der Waals surface area contributed by atoms with E-state index >= 15 is 0 Å². The van der Waals surface area contributed by atoms with Crippen molar-refractivity contribution in [3.05, 3.63) is 18.0 Å². The van der Waals surface area contributed by atoms with Crippen LogP contribution in [0.3, 0.4) is 0 Å². The molecule has 0 saturated carbocycles. The Bertz CT molecular complexity index is 447. The van der Waals surface area contributed by atoms with E-state index in [2.05, 4.69) is 10.1 Å². The number of methoxy groups -OCH3 is 2. The Morgan fingerprint density at radius 3 is 2.63 bits per heavy atom. The second-order valence-electron chi connectivity index (χ2n) is 3.77. The second-order valence-corrected chi connectivity index (χ2v) is 3.77. The first-order chi connectivity index (χ1) is 8.49. The second kappa shape index (κ2) is 7.78. The number of nitrogens with zero attached hydrogens (tertiary/aromatic N) is 1. The van der Waals surface area contributed by atoms with Crippen molar-refractivity contribution in [2.24, 2.45) is 12.8 Å². The smallest absolute Gasteiger partial charge is 0.354 e. The first-order valence-corrected chi connectivity index (χ1v) is 5.29. The highest BCUT2D eigenvalue weighted by atomic mass is 35.5. The summed E-state index contributed by atoms with van der Waals surface area (Å²) >= 11 is 0. The average molecular weight is 292 g/mol. The molecule has 1 heterocycles. The Labute approximate surface area is 117 Å². The summed E-state index contributed by atoms with van der Waals surface area (Å²) in [5.41, 5.74) is 6.39. The summed E-state index contributed by atoms with van der Waals surface area (Å²) < 4.78 is 10.9. The maximum Gasteiger partial charge on any atom is 0.354 e. The van der Waals surface area contributed by atoms with E-state index in [1.54, 1.807) is 17.8 Å². The van der Waals surface area contributed by atoms with Crippen LogP contribution in [0.25, 0.3) is 0 Å². The molecule has 0 aliphatic carbocycles. The van der Waals surface area contributed by atoms with Gasteiger partial charge in [-0.3, -0.25) is 4.79 Å². The molecule has 1 aromatic heterocycles. The molecule has 0 radical (unpaired) electrons. The van der Waals surface area contributed by atoms with Crippen LogP contribution >= 0.6 is 12.4 Å². The molecule has 0 aliphatic rings. The summed E-state index contributed by atoms with van der Waals surface area (Å²) in [4.78, 5) is 23.0. The molecule has 1 unspecified atom stereocenters. The summed E-state index contributed by atoms with van der Waals surface area (Å²) in [5.74, 6) is -0.849. The summed E-state index contributed by atoms with van der Waals surface area (Å²) in [6.07, 6.45) is 1.60. The highest BCUT2D eigenvalue weighted by Gasteiger charge is 2.16. The zero-order valence-corrected chi connectivity index (χ0v) is 11.8. The van der Waals surface area contributed by atoms with Gasteiger partial charge in [-0.25, -0.2) is 4.79 Å². The number of carbonyl (C=O) groups is 2. The Hall–Kier alpha value is -1.57. The van der Waals surface area contributed by atoms with E-state index in [0.29, 0.717) is 11.4 Å². The van der Waals surface area contributed by atoms with Crippen molar-refractivity contribution >= 4 is 30.0 Å². The van der Waals surface area contributed by atoms with Crippen LogP contribution in [-0.2, 0) is 21.3 Å². The number of aromatic nitrogens is 1. The normalized spacial score (nSPS) is 11.4. The van der Waals surface area contributed by atoms with Crippen molar-refractivity contribution < 1.29 is 19.1 Å². The molecule has 1 rings (SSSR count). The molecule has 19 heavy (non-hydrogen) atoms. The van der Waals surface area contributed by atoms with Gasteiger partial charge >= 0.3 is 5.97 Å². The van der Waals surface area contributed by atoms with Crippen molar-refractivity contribution in [3.8, 4) is 0 Å². The molecule has 0 spiro atoms. The van der Waals surface area contributed by atoms with Crippen molar-refractivity contribution in [1.82, 2.24) is 4.57 Å². The predicted octanol–water partition coefficient (Wildman–Crippen LogP) is 0.146. The first-order valence-electron chi connectivity index (χ1n) is 5.29. The average Bonchev–Trinajstić information content (AvgIpc) is 2.69. The molecular weight excluding hydrogens is 274 g/mol. The van der Waals surface area contributed by atoms with Gasteiger partial charge in [0.25, 0.3) is 0 Å². The van der Waals surface area contributed by atoms with Crippen molar-refractivity contribution in [2.45, 2.75) is 6.04 Å². The number of hydrogen-bond donors (Lipinski definition) is 2. The number of carbonyl (C=O) groups excluding carboxylic acids is 2. The van der Waals surface area contributed by atoms with Crippen LogP contribution in [0, 0.1) is 0 Å².